The van der Waals surface area contributed by atoms with Gasteiger partial charge in [-0.05, 0) is 31.4 Å². The molecule has 0 amide bonds. The topological polar surface area (TPSA) is 49.2 Å². The average Bonchev–Trinajstić information content (AvgIpc) is 2.33. The lowest BCUT2D eigenvalue weighted by molar-refractivity contribution is 0.295. The summed E-state index contributed by atoms with van der Waals surface area (Å²) in [4.78, 5) is 10.3. The zero-order chi connectivity index (χ0) is 12.8. The molecule has 1 heterocycles. The normalized spacial score (nSPS) is 10.9. The van der Waals surface area contributed by atoms with Crippen LogP contribution in [0.25, 0.3) is 0 Å². The Morgan fingerprint density at radius 2 is 2.06 bits per heavy atom. The number of aliphatic hydroxyl groups excluding tert-OH is 1. The van der Waals surface area contributed by atoms with Gasteiger partial charge in [0.15, 0.2) is 0 Å². The summed E-state index contributed by atoms with van der Waals surface area (Å²) in [6, 6.07) is 0.367. The standard InChI is InChI=1S/C12H20ClN3O/c1-4-10(5-2)16(6-7-17)11-9(3)8-14-12(13)15-11/h8,10,17H,4-7H2,1-3H3. The van der Waals surface area contributed by atoms with Crippen molar-refractivity contribution in [3.8, 4) is 0 Å². The molecule has 0 aromatic carbocycles. The molecule has 1 rings (SSSR count). The van der Waals surface area contributed by atoms with Gasteiger partial charge in [-0.2, -0.15) is 0 Å². The van der Waals surface area contributed by atoms with Crippen molar-refractivity contribution in [1.29, 1.82) is 0 Å². The number of nitrogens with zero attached hydrogens (tertiary/aromatic N) is 3. The van der Waals surface area contributed by atoms with Gasteiger partial charge in [-0.25, -0.2) is 9.97 Å². The SMILES string of the molecule is CCC(CC)N(CCO)c1nc(Cl)ncc1C. The maximum absolute atomic E-state index is 9.18. The number of rotatable bonds is 6. The molecule has 0 aliphatic carbocycles. The third kappa shape index (κ3) is 3.54. The van der Waals surface area contributed by atoms with Crippen LogP contribution < -0.4 is 4.90 Å². The molecule has 0 saturated carbocycles. The third-order valence-electron chi connectivity index (χ3n) is 2.91. The fraction of sp³-hybridized carbons (Fsp3) is 0.667. The summed E-state index contributed by atoms with van der Waals surface area (Å²) in [6.45, 7) is 6.91. The van der Waals surface area contributed by atoms with Crippen molar-refractivity contribution in [1.82, 2.24) is 9.97 Å². The average molecular weight is 258 g/mol. The molecule has 17 heavy (non-hydrogen) atoms. The Morgan fingerprint density at radius 3 is 2.59 bits per heavy atom. The Morgan fingerprint density at radius 1 is 1.41 bits per heavy atom. The van der Waals surface area contributed by atoms with Gasteiger partial charge in [0.05, 0.1) is 6.61 Å². The van der Waals surface area contributed by atoms with Gasteiger partial charge in [-0.3, -0.25) is 0 Å². The van der Waals surface area contributed by atoms with Gasteiger partial charge in [-0.1, -0.05) is 13.8 Å². The molecule has 0 radical (unpaired) electrons. The summed E-state index contributed by atoms with van der Waals surface area (Å²) >= 11 is 5.84. The maximum atomic E-state index is 9.18. The molecule has 1 aromatic rings. The monoisotopic (exact) mass is 257 g/mol. The predicted octanol–water partition coefficient (Wildman–Crippen LogP) is 2.43. The molecule has 0 unspecified atom stereocenters. The summed E-state index contributed by atoms with van der Waals surface area (Å²) < 4.78 is 0. The lowest BCUT2D eigenvalue weighted by Gasteiger charge is -2.32. The molecule has 0 aliphatic heterocycles. The molecule has 5 heteroatoms. The molecular formula is C12H20ClN3O. The van der Waals surface area contributed by atoms with E-state index in [0.717, 1.165) is 24.2 Å². The first kappa shape index (κ1) is 14.2. The molecular weight excluding hydrogens is 238 g/mol. The van der Waals surface area contributed by atoms with E-state index in [0.29, 0.717) is 12.6 Å². The first-order chi connectivity index (χ1) is 8.13. The van der Waals surface area contributed by atoms with Crippen molar-refractivity contribution in [3.05, 3.63) is 17.0 Å². The first-order valence-corrected chi connectivity index (χ1v) is 6.38. The lowest BCUT2D eigenvalue weighted by atomic mass is 10.1. The van der Waals surface area contributed by atoms with Gasteiger partial charge in [0.2, 0.25) is 5.28 Å². The summed E-state index contributed by atoms with van der Waals surface area (Å²) in [5.74, 6) is 0.827. The second-order valence-electron chi connectivity index (χ2n) is 4.03. The number of halogens is 1. The number of aliphatic hydroxyl groups is 1. The van der Waals surface area contributed by atoms with Crippen LogP contribution in [-0.2, 0) is 0 Å². The largest absolute Gasteiger partial charge is 0.395 e. The van der Waals surface area contributed by atoms with Crippen LogP contribution in [0.1, 0.15) is 32.3 Å². The fourth-order valence-corrected chi connectivity index (χ4v) is 2.13. The van der Waals surface area contributed by atoms with Crippen LogP contribution >= 0.6 is 11.6 Å². The van der Waals surface area contributed by atoms with Gasteiger partial charge >= 0.3 is 0 Å². The molecule has 1 N–H and O–H groups in total. The number of hydrogen-bond donors (Lipinski definition) is 1. The van der Waals surface area contributed by atoms with Crippen LogP contribution in [-0.4, -0.2) is 34.3 Å². The Bertz CT molecular complexity index is 356. The highest BCUT2D eigenvalue weighted by Gasteiger charge is 2.18. The van der Waals surface area contributed by atoms with Crippen LogP contribution in [0.4, 0.5) is 5.82 Å². The first-order valence-electron chi connectivity index (χ1n) is 6.00. The fourth-order valence-electron chi connectivity index (χ4n) is 2.00. The Labute approximate surface area is 108 Å². The molecule has 0 atom stereocenters. The molecule has 1 aromatic heterocycles. The second-order valence-corrected chi connectivity index (χ2v) is 4.37. The van der Waals surface area contributed by atoms with Gasteiger partial charge in [-0.15, -0.1) is 0 Å². The van der Waals surface area contributed by atoms with E-state index >= 15 is 0 Å². The summed E-state index contributed by atoms with van der Waals surface area (Å²) in [5.41, 5.74) is 0.981. The predicted molar refractivity (Wildman–Crippen MR) is 70.6 cm³/mol. The number of anilines is 1. The van der Waals surface area contributed by atoms with E-state index in [-0.39, 0.29) is 11.9 Å². The smallest absolute Gasteiger partial charge is 0.224 e. The lowest BCUT2D eigenvalue weighted by Crippen LogP contribution is -2.38. The van der Waals surface area contributed by atoms with E-state index in [1.807, 2.05) is 6.92 Å². The highest BCUT2D eigenvalue weighted by atomic mass is 35.5. The molecule has 0 fully saturated rings. The minimum atomic E-state index is 0.109. The van der Waals surface area contributed by atoms with E-state index in [1.165, 1.54) is 0 Å². The van der Waals surface area contributed by atoms with Crippen molar-refractivity contribution in [2.24, 2.45) is 0 Å². The van der Waals surface area contributed by atoms with E-state index in [1.54, 1.807) is 6.20 Å². The highest BCUT2D eigenvalue weighted by molar-refractivity contribution is 6.28. The highest BCUT2D eigenvalue weighted by Crippen LogP contribution is 2.22. The van der Waals surface area contributed by atoms with Crippen LogP contribution in [0.2, 0.25) is 5.28 Å². The molecule has 96 valence electrons. The third-order valence-corrected chi connectivity index (χ3v) is 3.09. The number of aromatic nitrogens is 2. The molecule has 4 nitrogen and oxygen atoms in total. The maximum Gasteiger partial charge on any atom is 0.224 e. The number of aryl methyl sites for hydroxylation is 1. The van der Waals surface area contributed by atoms with Crippen molar-refractivity contribution < 1.29 is 5.11 Å². The van der Waals surface area contributed by atoms with Crippen LogP contribution in [0.15, 0.2) is 6.20 Å². The zero-order valence-electron chi connectivity index (χ0n) is 10.6. The van der Waals surface area contributed by atoms with Gasteiger partial charge < -0.3 is 10.0 Å². The van der Waals surface area contributed by atoms with Gasteiger partial charge in [0, 0.05) is 24.3 Å². The Hall–Kier alpha value is -0.870. The summed E-state index contributed by atoms with van der Waals surface area (Å²) in [7, 11) is 0. The van der Waals surface area contributed by atoms with Gasteiger partial charge in [0.1, 0.15) is 5.82 Å². The van der Waals surface area contributed by atoms with E-state index in [4.69, 9.17) is 11.6 Å². The molecule has 0 aliphatic rings. The van der Waals surface area contributed by atoms with Crippen LogP contribution in [0.3, 0.4) is 0 Å². The Kier molecular flexibility index (Phi) is 5.65. The van der Waals surface area contributed by atoms with Gasteiger partial charge in [0.25, 0.3) is 0 Å². The molecule has 0 spiro atoms. The minimum absolute atomic E-state index is 0.109. The summed E-state index contributed by atoms with van der Waals surface area (Å²) in [5, 5.41) is 9.43. The minimum Gasteiger partial charge on any atom is -0.395 e. The molecule has 0 saturated heterocycles. The van der Waals surface area contributed by atoms with Crippen molar-refractivity contribution in [2.75, 3.05) is 18.1 Å². The summed E-state index contributed by atoms with van der Waals surface area (Å²) in [6.07, 6.45) is 3.74. The number of hydrogen-bond acceptors (Lipinski definition) is 4. The van der Waals surface area contributed by atoms with Crippen molar-refractivity contribution >= 4 is 17.4 Å². The van der Waals surface area contributed by atoms with Crippen LogP contribution in [0.5, 0.6) is 0 Å². The second kappa shape index (κ2) is 6.77. The Balaban J connectivity index is 3.07. The molecule has 0 bridgehead atoms. The van der Waals surface area contributed by atoms with Crippen LogP contribution in [0, 0.1) is 6.92 Å². The quantitative estimate of drug-likeness (QED) is 0.796. The van der Waals surface area contributed by atoms with E-state index < -0.39 is 0 Å². The van der Waals surface area contributed by atoms with E-state index in [9.17, 15) is 5.11 Å². The zero-order valence-corrected chi connectivity index (χ0v) is 11.4. The van der Waals surface area contributed by atoms with E-state index in [2.05, 4.69) is 28.7 Å². The van der Waals surface area contributed by atoms with Crippen molar-refractivity contribution in [2.45, 2.75) is 39.7 Å². The van der Waals surface area contributed by atoms with Crippen molar-refractivity contribution in [3.63, 3.8) is 0 Å².